The van der Waals surface area contributed by atoms with Crippen molar-refractivity contribution < 1.29 is 4.74 Å². The number of pyridine rings is 1. The summed E-state index contributed by atoms with van der Waals surface area (Å²) in [5.74, 6) is 1.75. The number of hydrogen-bond donors (Lipinski definition) is 1. The largest absolute Gasteiger partial charge is 0.478 e. The van der Waals surface area contributed by atoms with Crippen LogP contribution in [0.3, 0.4) is 0 Å². The predicted octanol–water partition coefficient (Wildman–Crippen LogP) is 3.21. The molecule has 1 spiro atoms. The van der Waals surface area contributed by atoms with Gasteiger partial charge in [0.2, 0.25) is 5.88 Å². The van der Waals surface area contributed by atoms with Crippen molar-refractivity contribution in [2.45, 2.75) is 52.5 Å². The van der Waals surface area contributed by atoms with E-state index >= 15 is 0 Å². The van der Waals surface area contributed by atoms with Crippen LogP contribution in [0.1, 0.15) is 51.5 Å². The van der Waals surface area contributed by atoms with Crippen LogP contribution < -0.4 is 10.1 Å². The zero-order chi connectivity index (χ0) is 16.8. The summed E-state index contributed by atoms with van der Waals surface area (Å²) in [7, 11) is 0. The zero-order valence-electron chi connectivity index (χ0n) is 15.1. The third-order valence-electron chi connectivity index (χ3n) is 5.15. The number of guanidine groups is 1. The molecule has 1 aromatic rings. The van der Waals surface area contributed by atoms with Crippen LogP contribution in [0.2, 0.25) is 0 Å². The molecule has 0 aromatic carbocycles. The molecule has 1 N–H and O–H groups in total. The minimum atomic E-state index is 0.593. The number of aromatic nitrogens is 1. The molecule has 3 rings (SSSR count). The van der Waals surface area contributed by atoms with Crippen LogP contribution >= 0.6 is 0 Å². The maximum Gasteiger partial charge on any atom is 0.213 e. The van der Waals surface area contributed by atoms with Crippen LogP contribution in [-0.4, -0.2) is 42.1 Å². The molecule has 2 aliphatic rings. The van der Waals surface area contributed by atoms with Crippen LogP contribution in [0.15, 0.2) is 23.3 Å². The third-order valence-corrected chi connectivity index (χ3v) is 5.15. The molecule has 1 aromatic heterocycles. The molecule has 1 aliphatic heterocycles. The summed E-state index contributed by atoms with van der Waals surface area (Å²) in [4.78, 5) is 11.6. The predicted molar refractivity (Wildman–Crippen MR) is 97.3 cm³/mol. The highest BCUT2D eigenvalue weighted by atomic mass is 16.5. The Labute approximate surface area is 145 Å². The maximum absolute atomic E-state index is 5.53. The summed E-state index contributed by atoms with van der Waals surface area (Å²) < 4.78 is 5.53. The lowest BCUT2D eigenvalue weighted by Crippen LogP contribution is -2.42. The first-order valence-corrected chi connectivity index (χ1v) is 9.36. The number of ether oxygens (including phenoxy) is 1. The van der Waals surface area contributed by atoms with Crippen LogP contribution in [0.25, 0.3) is 0 Å². The van der Waals surface area contributed by atoms with E-state index in [1.807, 2.05) is 12.3 Å². The monoisotopic (exact) mass is 330 g/mol. The summed E-state index contributed by atoms with van der Waals surface area (Å²) in [5.41, 5.74) is 1.71. The van der Waals surface area contributed by atoms with Gasteiger partial charge in [-0.15, -0.1) is 0 Å². The van der Waals surface area contributed by atoms with E-state index in [-0.39, 0.29) is 0 Å². The average Bonchev–Trinajstić information content (AvgIpc) is 3.03. The molecule has 0 unspecified atom stereocenters. The number of aliphatic imine (C=N–C) groups is 1. The Morgan fingerprint density at radius 3 is 2.79 bits per heavy atom. The summed E-state index contributed by atoms with van der Waals surface area (Å²) in [6, 6.07) is 4.00. The lowest BCUT2D eigenvalue weighted by atomic mass is 9.68. The van der Waals surface area contributed by atoms with E-state index in [9.17, 15) is 0 Å². The molecule has 5 heteroatoms. The Kier molecular flexibility index (Phi) is 5.59. The van der Waals surface area contributed by atoms with Gasteiger partial charge in [-0.2, -0.15) is 0 Å². The van der Waals surface area contributed by atoms with Crippen LogP contribution in [0.5, 0.6) is 5.88 Å². The number of hydrogen-bond acceptors (Lipinski definition) is 3. The lowest BCUT2D eigenvalue weighted by Gasteiger charge is -2.38. The molecule has 2 heterocycles. The van der Waals surface area contributed by atoms with E-state index in [0.717, 1.165) is 31.0 Å². The van der Waals surface area contributed by atoms with E-state index in [1.165, 1.54) is 32.2 Å². The normalized spacial score (nSPS) is 19.4. The molecular weight excluding hydrogens is 300 g/mol. The Morgan fingerprint density at radius 2 is 2.21 bits per heavy atom. The molecule has 0 atom stereocenters. The molecule has 0 bridgehead atoms. The molecule has 0 amide bonds. The highest BCUT2D eigenvalue weighted by Gasteiger charge is 2.43. The minimum Gasteiger partial charge on any atom is -0.478 e. The van der Waals surface area contributed by atoms with Crippen molar-refractivity contribution in [3.63, 3.8) is 0 Å². The van der Waals surface area contributed by atoms with Gasteiger partial charge in [-0.05, 0) is 43.6 Å². The van der Waals surface area contributed by atoms with Gasteiger partial charge < -0.3 is 15.0 Å². The van der Waals surface area contributed by atoms with Gasteiger partial charge in [-0.1, -0.05) is 19.4 Å². The topological polar surface area (TPSA) is 49.8 Å². The van der Waals surface area contributed by atoms with Crippen molar-refractivity contribution >= 4 is 5.96 Å². The summed E-state index contributed by atoms with van der Waals surface area (Å²) in [5, 5.41) is 3.45. The second-order valence-corrected chi connectivity index (χ2v) is 7.05. The van der Waals surface area contributed by atoms with Crippen molar-refractivity contribution in [1.29, 1.82) is 0 Å². The van der Waals surface area contributed by atoms with Crippen molar-refractivity contribution in [1.82, 2.24) is 15.2 Å². The lowest BCUT2D eigenvalue weighted by molar-refractivity contribution is 0.151. The van der Waals surface area contributed by atoms with E-state index in [4.69, 9.17) is 9.73 Å². The highest BCUT2D eigenvalue weighted by molar-refractivity contribution is 5.80. The van der Waals surface area contributed by atoms with Gasteiger partial charge in [0.25, 0.3) is 0 Å². The molecule has 0 radical (unpaired) electrons. The Hall–Kier alpha value is -1.78. The van der Waals surface area contributed by atoms with E-state index in [0.29, 0.717) is 24.4 Å². The second kappa shape index (κ2) is 7.86. The van der Waals surface area contributed by atoms with Crippen molar-refractivity contribution in [2.24, 2.45) is 10.4 Å². The fraction of sp³-hybridized carbons (Fsp3) is 0.684. The first-order valence-electron chi connectivity index (χ1n) is 9.36. The van der Waals surface area contributed by atoms with Gasteiger partial charge in [0, 0.05) is 31.9 Å². The standard InChI is InChI=1S/C19H30N4O/c1-3-12-24-17-7-6-16(13-21-17)14-22-18(20-4-2)23-11-10-19(15-23)8-5-9-19/h6-7,13H,3-5,8-12,14-15H2,1-2H3,(H,20,22). The molecule has 1 saturated heterocycles. The van der Waals surface area contributed by atoms with Gasteiger partial charge >= 0.3 is 0 Å². The molecule has 132 valence electrons. The van der Waals surface area contributed by atoms with Crippen molar-refractivity contribution in [3.05, 3.63) is 23.9 Å². The quantitative estimate of drug-likeness (QED) is 0.643. The van der Waals surface area contributed by atoms with E-state index in [2.05, 4.69) is 35.1 Å². The Bertz CT molecular complexity index is 551. The highest BCUT2D eigenvalue weighted by Crippen LogP contribution is 2.47. The van der Waals surface area contributed by atoms with Crippen molar-refractivity contribution in [2.75, 3.05) is 26.2 Å². The van der Waals surface area contributed by atoms with Crippen LogP contribution in [0, 0.1) is 5.41 Å². The molecule has 2 fully saturated rings. The van der Waals surface area contributed by atoms with Gasteiger partial charge in [-0.3, -0.25) is 0 Å². The zero-order valence-corrected chi connectivity index (χ0v) is 15.1. The van der Waals surface area contributed by atoms with Crippen molar-refractivity contribution in [3.8, 4) is 5.88 Å². The molecule has 1 aliphatic carbocycles. The van der Waals surface area contributed by atoms with E-state index < -0.39 is 0 Å². The average molecular weight is 330 g/mol. The molecule has 24 heavy (non-hydrogen) atoms. The molecule has 5 nitrogen and oxygen atoms in total. The van der Waals surface area contributed by atoms with Gasteiger partial charge in [0.1, 0.15) is 0 Å². The summed E-state index contributed by atoms with van der Waals surface area (Å²) in [6.45, 7) is 8.81. The Balaban J connectivity index is 1.59. The minimum absolute atomic E-state index is 0.593. The van der Waals surface area contributed by atoms with Crippen LogP contribution in [0.4, 0.5) is 0 Å². The smallest absolute Gasteiger partial charge is 0.213 e. The van der Waals surface area contributed by atoms with Gasteiger partial charge in [-0.25, -0.2) is 9.98 Å². The van der Waals surface area contributed by atoms with Gasteiger partial charge in [0.15, 0.2) is 5.96 Å². The fourth-order valence-electron chi connectivity index (χ4n) is 3.59. The second-order valence-electron chi connectivity index (χ2n) is 7.05. The SMILES string of the molecule is CCCOc1ccc(CN=C(NCC)N2CCC3(CCC3)C2)cn1. The first-order chi connectivity index (χ1) is 11.7. The third kappa shape index (κ3) is 4.00. The fourth-order valence-corrected chi connectivity index (χ4v) is 3.59. The Morgan fingerprint density at radius 1 is 1.33 bits per heavy atom. The number of rotatable bonds is 6. The number of nitrogens with one attached hydrogen (secondary N) is 1. The molecular formula is C19H30N4O. The molecule has 1 saturated carbocycles. The number of likely N-dealkylation sites (tertiary alicyclic amines) is 1. The van der Waals surface area contributed by atoms with Gasteiger partial charge in [0.05, 0.1) is 13.2 Å². The first kappa shape index (κ1) is 17.1. The number of nitrogens with zero attached hydrogens (tertiary/aromatic N) is 3. The summed E-state index contributed by atoms with van der Waals surface area (Å²) >= 11 is 0. The summed E-state index contributed by atoms with van der Waals surface area (Å²) in [6.07, 6.45) is 8.38. The van der Waals surface area contributed by atoms with Crippen LogP contribution in [-0.2, 0) is 6.54 Å². The maximum atomic E-state index is 5.53. The van der Waals surface area contributed by atoms with E-state index in [1.54, 1.807) is 0 Å².